The maximum Gasteiger partial charge on any atom is 0.243 e. The van der Waals surface area contributed by atoms with Gasteiger partial charge in [0, 0.05) is 44.1 Å². The van der Waals surface area contributed by atoms with Gasteiger partial charge in [-0.05, 0) is 49.0 Å². The van der Waals surface area contributed by atoms with Gasteiger partial charge in [0.05, 0.1) is 18.5 Å². The predicted molar refractivity (Wildman–Crippen MR) is 208 cm³/mol. The highest BCUT2D eigenvalue weighted by atomic mass is 16.3. The van der Waals surface area contributed by atoms with Gasteiger partial charge < -0.3 is 42.0 Å². The van der Waals surface area contributed by atoms with Crippen molar-refractivity contribution < 1.29 is 33.9 Å². The predicted octanol–water partition coefficient (Wildman–Crippen LogP) is 1.75. The Bertz CT molecular complexity index is 1570. The van der Waals surface area contributed by atoms with Gasteiger partial charge in [0.2, 0.25) is 35.4 Å². The Morgan fingerprint density at radius 2 is 1.56 bits per heavy atom. The first-order chi connectivity index (χ1) is 26.0. The monoisotopic (exact) mass is 766 g/mol. The summed E-state index contributed by atoms with van der Waals surface area (Å²) in [5.74, 6) is -3.97. The number of benzene rings is 1. The Morgan fingerprint density at radius 1 is 0.909 bits per heavy atom. The van der Waals surface area contributed by atoms with Crippen molar-refractivity contribution in [1.82, 2.24) is 36.1 Å². The van der Waals surface area contributed by atoms with E-state index in [0.29, 0.717) is 37.9 Å². The first-order valence-corrected chi connectivity index (χ1v) is 19.5. The molecule has 2 heterocycles. The van der Waals surface area contributed by atoms with Gasteiger partial charge in [-0.15, -0.1) is 0 Å². The summed E-state index contributed by atoms with van der Waals surface area (Å²) >= 11 is 0. The molecule has 1 unspecified atom stereocenters. The Kier molecular flexibility index (Phi) is 17.3. The molecule has 304 valence electrons. The fourth-order valence-corrected chi connectivity index (χ4v) is 7.04. The first kappa shape index (κ1) is 44.6. The van der Waals surface area contributed by atoms with E-state index in [1.165, 1.54) is 24.3 Å². The van der Waals surface area contributed by atoms with Crippen LogP contribution < -0.4 is 27.0 Å². The average molecular weight is 767 g/mol. The van der Waals surface area contributed by atoms with Crippen LogP contribution in [0.3, 0.4) is 0 Å². The van der Waals surface area contributed by atoms with Crippen molar-refractivity contribution in [1.29, 1.82) is 0 Å². The molecule has 55 heavy (non-hydrogen) atoms. The molecule has 8 atom stereocenters. The van der Waals surface area contributed by atoms with Gasteiger partial charge in [-0.1, -0.05) is 78.3 Å². The number of aromatic amines is 1. The van der Waals surface area contributed by atoms with Crippen LogP contribution in [0.15, 0.2) is 42.9 Å². The highest BCUT2D eigenvalue weighted by Gasteiger charge is 2.37. The standard InChI is InChI=1S/C40H62N8O7/c1-8-25(6)35(36(41)51)47-37(52)29(24(4)5)20-34(50)30(17-23(2)3)44-39(54)32(19-28-21-42-22-43-28)45-38(53)31(18-27-13-10-9-11-14-27)46-40(55)33-15-12-16-48(33)26(7)49/h9-11,13-14,21-25,29-35,50H,8,12,15-20H2,1-7H3,(H2,41,51)(H,42,43)(H,44,54)(H,45,53)(H,46,55)(H,47,52)/t25-,29-,30-,31-,32-,33+,34?,35-/m0/s1. The number of primary amides is 1. The lowest BCUT2D eigenvalue weighted by molar-refractivity contribution is -0.138. The van der Waals surface area contributed by atoms with Crippen molar-refractivity contribution >= 4 is 35.4 Å². The molecule has 0 saturated carbocycles. The van der Waals surface area contributed by atoms with E-state index in [9.17, 15) is 33.9 Å². The Morgan fingerprint density at radius 3 is 2.13 bits per heavy atom. The molecule has 0 bridgehead atoms. The zero-order chi connectivity index (χ0) is 40.8. The number of aromatic nitrogens is 2. The molecule has 1 aromatic heterocycles. The Labute approximate surface area is 324 Å². The molecule has 1 aliphatic heterocycles. The number of likely N-dealkylation sites (tertiary alicyclic amines) is 1. The van der Waals surface area contributed by atoms with Crippen LogP contribution in [0.25, 0.3) is 0 Å². The summed E-state index contributed by atoms with van der Waals surface area (Å²) in [6.45, 7) is 13.2. The summed E-state index contributed by atoms with van der Waals surface area (Å²) < 4.78 is 0. The van der Waals surface area contributed by atoms with Crippen LogP contribution in [0, 0.1) is 23.7 Å². The second kappa shape index (κ2) is 21.3. The number of carbonyl (C=O) groups excluding carboxylic acids is 6. The minimum atomic E-state index is -1.16. The SMILES string of the molecule is CC[C@H](C)[C@H](NC(=O)[C@@H](CC(O)[C@H](CC(C)C)NC(=O)[C@H](Cc1cnc[nH]1)NC(=O)[C@H](Cc1ccccc1)NC(=O)[C@H]1CCCN1C(C)=O)C(C)C)C(N)=O. The van der Waals surface area contributed by atoms with Gasteiger partial charge in [-0.2, -0.15) is 0 Å². The van der Waals surface area contributed by atoms with E-state index in [4.69, 9.17) is 5.73 Å². The van der Waals surface area contributed by atoms with E-state index in [1.807, 2.05) is 71.9 Å². The normalized spacial score (nSPS) is 18.1. The molecule has 15 heteroatoms. The average Bonchev–Trinajstić information content (AvgIpc) is 3.84. The van der Waals surface area contributed by atoms with Gasteiger partial charge in [0.25, 0.3) is 0 Å². The summed E-state index contributed by atoms with van der Waals surface area (Å²) in [7, 11) is 0. The van der Waals surface area contributed by atoms with Crippen molar-refractivity contribution in [2.45, 2.75) is 130 Å². The van der Waals surface area contributed by atoms with Crippen molar-refractivity contribution in [3.8, 4) is 0 Å². The number of carbonyl (C=O) groups is 6. The third kappa shape index (κ3) is 13.5. The molecule has 8 N–H and O–H groups in total. The zero-order valence-electron chi connectivity index (χ0n) is 33.3. The number of nitrogens with two attached hydrogens (primary N) is 1. The number of aliphatic hydroxyl groups excluding tert-OH is 1. The van der Waals surface area contributed by atoms with E-state index >= 15 is 0 Å². The van der Waals surface area contributed by atoms with Crippen molar-refractivity contribution in [3.63, 3.8) is 0 Å². The molecule has 0 aliphatic carbocycles. The number of H-pyrrole nitrogens is 1. The lowest BCUT2D eigenvalue weighted by Crippen LogP contribution is -2.59. The van der Waals surface area contributed by atoms with Gasteiger partial charge in [-0.3, -0.25) is 28.8 Å². The number of rotatable bonds is 21. The topological polar surface area (TPSA) is 229 Å². The minimum Gasteiger partial charge on any atom is -0.391 e. The summed E-state index contributed by atoms with van der Waals surface area (Å²) in [4.78, 5) is 88.3. The summed E-state index contributed by atoms with van der Waals surface area (Å²) in [5, 5.41) is 23.1. The molecule has 0 spiro atoms. The maximum atomic E-state index is 14.2. The Balaban J connectivity index is 1.86. The molecule has 2 aromatic rings. The molecule has 1 aliphatic rings. The lowest BCUT2D eigenvalue weighted by atomic mass is 9.85. The number of nitrogens with zero attached hydrogens (tertiary/aromatic N) is 2. The van der Waals surface area contributed by atoms with E-state index in [0.717, 1.165) is 5.56 Å². The highest BCUT2D eigenvalue weighted by Crippen LogP contribution is 2.23. The van der Waals surface area contributed by atoms with E-state index in [-0.39, 0.29) is 42.9 Å². The van der Waals surface area contributed by atoms with Gasteiger partial charge >= 0.3 is 0 Å². The number of amides is 6. The fourth-order valence-electron chi connectivity index (χ4n) is 7.04. The smallest absolute Gasteiger partial charge is 0.243 e. The molecule has 15 nitrogen and oxygen atoms in total. The van der Waals surface area contributed by atoms with Gasteiger partial charge in [0.15, 0.2) is 0 Å². The van der Waals surface area contributed by atoms with Crippen LogP contribution in [0.5, 0.6) is 0 Å². The van der Waals surface area contributed by atoms with E-state index in [1.54, 1.807) is 0 Å². The molecule has 1 saturated heterocycles. The van der Waals surface area contributed by atoms with E-state index in [2.05, 4.69) is 31.2 Å². The number of hydrogen-bond acceptors (Lipinski definition) is 8. The van der Waals surface area contributed by atoms with E-state index < -0.39 is 71.8 Å². The molecule has 6 amide bonds. The number of hydrogen-bond donors (Lipinski definition) is 7. The molecule has 3 rings (SSSR count). The van der Waals surface area contributed by atoms with Crippen LogP contribution in [-0.2, 0) is 41.6 Å². The second-order valence-corrected chi connectivity index (χ2v) is 15.6. The van der Waals surface area contributed by atoms with Gasteiger partial charge in [0.1, 0.15) is 24.2 Å². The quantitative estimate of drug-likeness (QED) is 0.0988. The van der Waals surface area contributed by atoms with Crippen LogP contribution in [0.2, 0.25) is 0 Å². The number of nitrogens with one attached hydrogen (secondary N) is 5. The van der Waals surface area contributed by atoms with Crippen LogP contribution >= 0.6 is 0 Å². The molecular formula is C40H62N8O7. The zero-order valence-corrected chi connectivity index (χ0v) is 33.3. The second-order valence-electron chi connectivity index (χ2n) is 15.6. The molecule has 1 fully saturated rings. The van der Waals surface area contributed by atoms with Crippen molar-refractivity contribution in [3.05, 3.63) is 54.1 Å². The molecular weight excluding hydrogens is 704 g/mol. The summed E-state index contributed by atoms with van der Waals surface area (Å²) in [6, 6.07) is 4.55. The molecule has 0 radical (unpaired) electrons. The number of aliphatic hydroxyl groups is 1. The van der Waals surface area contributed by atoms with Gasteiger partial charge in [-0.25, -0.2) is 4.98 Å². The van der Waals surface area contributed by atoms with Crippen LogP contribution in [0.4, 0.5) is 0 Å². The largest absolute Gasteiger partial charge is 0.391 e. The third-order valence-corrected chi connectivity index (χ3v) is 10.5. The molecule has 1 aromatic carbocycles. The fraction of sp³-hybridized carbons (Fsp3) is 0.625. The first-order valence-electron chi connectivity index (χ1n) is 19.5. The number of imidazole rings is 1. The van der Waals surface area contributed by atoms with Crippen molar-refractivity contribution in [2.24, 2.45) is 29.4 Å². The van der Waals surface area contributed by atoms with Crippen LogP contribution in [-0.4, -0.2) is 98.3 Å². The Hall–Kier alpha value is -4.79. The van der Waals surface area contributed by atoms with Crippen molar-refractivity contribution in [2.75, 3.05) is 6.54 Å². The highest BCUT2D eigenvalue weighted by molar-refractivity contribution is 5.94. The lowest BCUT2D eigenvalue weighted by Gasteiger charge is -2.32. The summed E-state index contributed by atoms with van der Waals surface area (Å²) in [5.41, 5.74) is 6.96. The minimum absolute atomic E-state index is 0.00560. The summed E-state index contributed by atoms with van der Waals surface area (Å²) in [6.07, 6.45) is 4.10. The maximum absolute atomic E-state index is 14.2. The van der Waals surface area contributed by atoms with Crippen LogP contribution in [0.1, 0.15) is 91.8 Å². The third-order valence-electron chi connectivity index (χ3n) is 10.5.